The number of anilines is 2. The molecular weight excluding hydrogens is 429 g/mol. The molecule has 12 heteroatoms. The highest BCUT2D eigenvalue weighted by atomic mass is 19.1. The van der Waals surface area contributed by atoms with Gasteiger partial charge in [0.25, 0.3) is 11.4 Å². The van der Waals surface area contributed by atoms with Crippen LogP contribution in [-0.2, 0) is 0 Å². The third kappa shape index (κ3) is 3.56. The molecule has 0 aliphatic heterocycles. The zero-order chi connectivity index (χ0) is 23.1. The number of benzene rings is 1. The first-order valence-electron chi connectivity index (χ1n) is 9.95. The number of aromatic nitrogens is 7. The predicted octanol–water partition coefficient (Wildman–Crippen LogP) is 2.76. The summed E-state index contributed by atoms with van der Waals surface area (Å²) in [7, 11) is 0. The van der Waals surface area contributed by atoms with Gasteiger partial charge in [-0.2, -0.15) is 5.10 Å². The number of nitrogens with zero attached hydrogens (tertiary/aromatic N) is 6. The maximum atomic E-state index is 13.9. The van der Waals surface area contributed by atoms with E-state index in [-0.39, 0.29) is 17.1 Å². The molecule has 33 heavy (non-hydrogen) atoms. The van der Waals surface area contributed by atoms with Gasteiger partial charge in [-0.3, -0.25) is 14.5 Å². The lowest BCUT2D eigenvalue weighted by Crippen LogP contribution is -2.26. The van der Waals surface area contributed by atoms with Gasteiger partial charge in [-0.25, -0.2) is 14.4 Å². The fourth-order valence-electron chi connectivity index (χ4n) is 3.63. The molecule has 0 spiro atoms. The summed E-state index contributed by atoms with van der Waals surface area (Å²) in [6.07, 6.45) is 2.90. The third-order valence-electron chi connectivity index (χ3n) is 5.14. The molecule has 4 N–H and O–H groups in total. The number of nitrogens with two attached hydrogens (primary N) is 1. The fraction of sp³-hybridized carbons (Fsp3) is 0.143. The first-order valence-corrected chi connectivity index (χ1v) is 9.95. The van der Waals surface area contributed by atoms with E-state index in [2.05, 4.69) is 35.7 Å². The van der Waals surface area contributed by atoms with Crippen LogP contribution in [0.2, 0.25) is 0 Å². The van der Waals surface area contributed by atoms with Crippen LogP contribution in [0, 0.1) is 12.7 Å². The average molecular weight is 447 g/mol. The van der Waals surface area contributed by atoms with Gasteiger partial charge in [0.15, 0.2) is 5.82 Å². The average Bonchev–Trinajstić information content (AvgIpc) is 3.46. The number of hydrogen-bond donors (Lipinski definition) is 3. The molecule has 0 saturated heterocycles. The summed E-state index contributed by atoms with van der Waals surface area (Å²) < 4.78 is 20.8. The van der Waals surface area contributed by atoms with E-state index >= 15 is 0 Å². The standard InChI is InChI=1S/C21H18FN9O2/c1-10(27-19-17(18(23)24-9-25-19)20-30-28-11(2)33-20)15-7-12-3-4-13(22)8-14(12)21(32)31(15)16-5-6-26-29-16/h3-10H,1-2H3,(H,26,29)(H3,23,24,25,27)/t10-/m0/s1. The van der Waals surface area contributed by atoms with Crippen LogP contribution < -0.4 is 16.6 Å². The van der Waals surface area contributed by atoms with Gasteiger partial charge in [-0.15, -0.1) is 10.2 Å². The van der Waals surface area contributed by atoms with Crippen molar-refractivity contribution in [2.75, 3.05) is 11.1 Å². The molecule has 0 aliphatic rings. The molecule has 11 nitrogen and oxygen atoms in total. The molecule has 0 radical (unpaired) electrons. The van der Waals surface area contributed by atoms with Crippen molar-refractivity contribution in [3.05, 3.63) is 70.6 Å². The van der Waals surface area contributed by atoms with Crippen molar-refractivity contribution in [3.8, 4) is 17.3 Å². The second-order valence-electron chi connectivity index (χ2n) is 7.35. The van der Waals surface area contributed by atoms with Gasteiger partial charge in [-0.1, -0.05) is 6.07 Å². The van der Waals surface area contributed by atoms with Crippen LogP contribution in [-0.4, -0.2) is 34.9 Å². The minimum atomic E-state index is -0.497. The van der Waals surface area contributed by atoms with E-state index in [1.807, 2.05) is 6.92 Å². The van der Waals surface area contributed by atoms with Crippen LogP contribution in [0.4, 0.5) is 16.0 Å². The number of rotatable bonds is 5. The van der Waals surface area contributed by atoms with Crippen LogP contribution in [0.1, 0.15) is 24.6 Å². The number of aromatic amines is 1. The van der Waals surface area contributed by atoms with E-state index in [1.165, 1.54) is 23.0 Å². The Balaban J connectivity index is 1.65. The van der Waals surface area contributed by atoms with Crippen LogP contribution >= 0.6 is 0 Å². The Kier molecular flexibility index (Phi) is 4.81. The molecule has 4 heterocycles. The van der Waals surface area contributed by atoms with Crippen molar-refractivity contribution < 1.29 is 8.81 Å². The number of H-pyrrole nitrogens is 1. The molecule has 5 rings (SSSR count). The van der Waals surface area contributed by atoms with Gasteiger partial charge in [0.05, 0.1) is 17.1 Å². The summed E-state index contributed by atoms with van der Waals surface area (Å²) in [5, 5.41) is 18.8. The van der Waals surface area contributed by atoms with Crippen molar-refractivity contribution in [1.82, 2.24) is 34.9 Å². The highest BCUT2D eigenvalue weighted by molar-refractivity contribution is 5.83. The zero-order valence-electron chi connectivity index (χ0n) is 17.6. The molecule has 0 fully saturated rings. The SMILES string of the molecule is Cc1nnc(-c2c(N)ncnc2N[C@@H](C)c2cc3ccc(F)cc3c(=O)n2-c2cc[nH]n2)o1. The molecule has 0 amide bonds. The molecular formula is C21H18FN9O2. The maximum absolute atomic E-state index is 13.9. The van der Waals surface area contributed by atoms with Gasteiger partial charge in [0.2, 0.25) is 5.89 Å². The highest BCUT2D eigenvalue weighted by Gasteiger charge is 2.22. The van der Waals surface area contributed by atoms with Crippen molar-refractivity contribution in [3.63, 3.8) is 0 Å². The number of halogens is 1. The molecule has 1 aromatic carbocycles. The Morgan fingerprint density at radius 2 is 2.06 bits per heavy atom. The third-order valence-corrected chi connectivity index (χ3v) is 5.14. The first-order chi connectivity index (χ1) is 15.9. The van der Waals surface area contributed by atoms with E-state index in [9.17, 15) is 9.18 Å². The van der Waals surface area contributed by atoms with Crippen molar-refractivity contribution >= 4 is 22.4 Å². The number of nitrogen functional groups attached to an aromatic ring is 1. The van der Waals surface area contributed by atoms with Gasteiger partial charge in [-0.05, 0) is 30.5 Å². The fourth-order valence-corrected chi connectivity index (χ4v) is 3.63. The van der Waals surface area contributed by atoms with Gasteiger partial charge >= 0.3 is 0 Å². The summed E-state index contributed by atoms with van der Waals surface area (Å²) in [4.78, 5) is 21.6. The summed E-state index contributed by atoms with van der Waals surface area (Å²) in [5.74, 6) is 0.897. The normalized spacial score (nSPS) is 12.2. The van der Waals surface area contributed by atoms with Crippen molar-refractivity contribution in [2.45, 2.75) is 19.9 Å². The van der Waals surface area contributed by atoms with Gasteiger partial charge in [0, 0.05) is 19.2 Å². The molecule has 0 bridgehead atoms. The molecule has 0 saturated carbocycles. The lowest BCUT2D eigenvalue weighted by molar-refractivity contribution is 0.532. The number of hydrogen-bond acceptors (Lipinski definition) is 9. The molecule has 4 aromatic heterocycles. The lowest BCUT2D eigenvalue weighted by Gasteiger charge is -2.21. The van der Waals surface area contributed by atoms with Crippen molar-refractivity contribution in [2.24, 2.45) is 0 Å². The quantitative estimate of drug-likeness (QED) is 0.369. The molecule has 0 aliphatic carbocycles. The predicted molar refractivity (Wildman–Crippen MR) is 118 cm³/mol. The molecule has 166 valence electrons. The second kappa shape index (κ2) is 7.82. The van der Waals surface area contributed by atoms with Crippen LogP contribution in [0.25, 0.3) is 28.0 Å². The van der Waals surface area contributed by atoms with E-state index in [0.29, 0.717) is 34.2 Å². The van der Waals surface area contributed by atoms with Gasteiger partial charge < -0.3 is 15.5 Å². The number of fused-ring (bicyclic) bond motifs is 1. The smallest absolute Gasteiger partial charge is 0.264 e. The van der Waals surface area contributed by atoms with E-state index in [1.54, 1.807) is 31.3 Å². The monoisotopic (exact) mass is 447 g/mol. The molecule has 5 aromatic rings. The minimum absolute atomic E-state index is 0.155. The Morgan fingerprint density at radius 1 is 1.21 bits per heavy atom. The van der Waals surface area contributed by atoms with E-state index in [4.69, 9.17) is 10.2 Å². The second-order valence-corrected chi connectivity index (χ2v) is 7.35. The molecule has 0 unspecified atom stereocenters. The van der Waals surface area contributed by atoms with E-state index < -0.39 is 17.4 Å². The highest BCUT2D eigenvalue weighted by Crippen LogP contribution is 2.32. The van der Waals surface area contributed by atoms with Crippen LogP contribution in [0.15, 0.2) is 52.1 Å². The first kappa shape index (κ1) is 20.3. The Hall–Kier alpha value is -4.61. The summed E-state index contributed by atoms with van der Waals surface area (Å²) in [6.45, 7) is 3.50. The Morgan fingerprint density at radius 3 is 2.79 bits per heavy atom. The Labute approximate surface area is 185 Å². The zero-order valence-corrected chi connectivity index (χ0v) is 17.6. The largest absolute Gasteiger partial charge is 0.421 e. The lowest BCUT2D eigenvalue weighted by atomic mass is 10.1. The number of aryl methyl sites for hydroxylation is 1. The summed E-state index contributed by atoms with van der Waals surface area (Å²) in [6, 6.07) is 7.06. The number of nitrogens with one attached hydrogen (secondary N) is 2. The number of pyridine rings is 1. The topological polar surface area (TPSA) is 153 Å². The van der Waals surface area contributed by atoms with E-state index in [0.717, 1.165) is 0 Å². The van der Waals surface area contributed by atoms with Gasteiger partial charge in [0.1, 0.15) is 29.3 Å². The maximum Gasteiger partial charge on any atom is 0.264 e. The molecule has 1 atom stereocenters. The Bertz CT molecular complexity index is 1530. The van der Waals surface area contributed by atoms with Crippen molar-refractivity contribution in [1.29, 1.82) is 0 Å². The summed E-state index contributed by atoms with van der Waals surface area (Å²) >= 11 is 0. The minimum Gasteiger partial charge on any atom is -0.421 e. The summed E-state index contributed by atoms with van der Waals surface area (Å²) in [5.41, 5.74) is 6.58. The van der Waals surface area contributed by atoms with Crippen LogP contribution in [0.3, 0.4) is 0 Å². The van der Waals surface area contributed by atoms with Crippen LogP contribution in [0.5, 0.6) is 0 Å².